The van der Waals surface area contributed by atoms with Gasteiger partial charge < -0.3 is 10.2 Å². The van der Waals surface area contributed by atoms with Crippen molar-refractivity contribution in [2.75, 3.05) is 18.4 Å². The Labute approximate surface area is 160 Å². The van der Waals surface area contributed by atoms with Crippen LogP contribution in [-0.2, 0) is 0 Å². The van der Waals surface area contributed by atoms with Gasteiger partial charge in [0.1, 0.15) is 11.4 Å². The molecule has 28 heavy (non-hydrogen) atoms. The highest BCUT2D eigenvalue weighted by atomic mass is 19.4. The summed E-state index contributed by atoms with van der Waals surface area (Å²) in [6.45, 7) is 2.81. The Balaban J connectivity index is 1.50. The minimum absolute atomic E-state index is 0.108. The third kappa shape index (κ3) is 3.45. The average Bonchev–Trinajstić information content (AvgIpc) is 3.10. The first-order valence-corrected chi connectivity index (χ1v) is 9.44. The Hall–Kier alpha value is -2.58. The first-order chi connectivity index (χ1) is 13.3. The van der Waals surface area contributed by atoms with Gasteiger partial charge in [-0.3, -0.25) is 9.78 Å². The number of piperidine rings is 1. The van der Waals surface area contributed by atoms with Crippen LogP contribution in [0.5, 0.6) is 0 Å². The molecule has 1 N–H and O–H groups in total. The number of likely N-dealkylation sites (tertiary alicyclic amines) is 1. The van der Waals surface area contributed by atoms with Crippen molar-refractivity contribution in [3.05, 3.63) is 41.9 Å². The van der Waals surface area contributed by atoms with Gasteiger partial charge in [-0.05, 0) is 49.8 Å². The second-order valence-electron chi connectivity index (χ2n) is 7.54. The summed E-state index contributed by atoms with van der Waals surface area (Å²) < 4.78 is 41.0. The molecule has 6 nitrogen and oxygen atoms in total. The van der Waals surface area contributed by atoms with Crippen molar-refractivity contribution in [1.29, 1.82) is 0 Å². The lowest BCUT2D eigenvalue weighted by Crippen LogP contribution is -2.40. The van der Waals surface area contributed by atoms with Crippen molar-refractivity contribution in [3.63, 3.8) is 0 Å². The van der Waals surface area contributed by atoms with E-state index in [0.717, 1.165) is 17.5 Å². The molecule has 2 aromatic rings. The van der Waals surface area contributed by atoms with Gasteiger partial charge in [0.15, 0.2) is 6.04 Å². The number of hydrogen-bond donors (Lipinski definition) is 1. The molecule has 1 saturated heterocycles. The smallest absolute Gasteiger partial charge is 0.367 e. The van der Waals surface area contributed by atoms with Crippen LogP contribution in [0.15, 0.2) is 30.7 Å². The summed E-state index contributed by atoms with van der Waals surface area (Å²) in [6, 6.07) is 1.87. The van der Waals surface area contributed by atoms with Crippen LogP contribution < -0.4 is 5.32 Å². The highest BCUT2D eigenvalue weighted by Gasteiger charge is 2.46. The minimum Gasteiger partial charge on any atom is -0.367 e. The first kappa shape index (κ1) is 18.8. The summed E-state index contributed by atoms with van der Waals surface area (Å²) in [4.78, 5) is 18.7. The Kier molecular flexibility index (Phi) is 4.76. The zero-order chi connectivity index (χ0) is 19.9. The van der Waals surface area contributed by atoms with E-state index in [1.165, 1.54) is 11.8 Å². The zero-order valence-corrected chi connectivity index (χ0v) is 15.5. The van der Waals surface area contributed by atoms with Gasteiger partial charge in [0.05, 0.1) is 6.20 Å². The maximum atomic E-state index is 13.4. The van der Waals surface area contributed by atoms with E-state index in [0.29, 0.717) is 19.0 Å². The molecule has 150 valence electrons. The van der Waals surface area contributed by atoms with Gasteiger partial charge in [-0.25, -0.2) is 4.68 Å². The van der Waals surface area contributed by atoms with Gasteiger partial charge in [-0.1, -0.05) is 0 Å². The summed E-state index contributed by atoms with van der Waals surface area (Å²) in [7, 11) is 0. The van der Waals surface area contributed by atoms with Crippen LogP contribution in [0.3, 0.4) is 0 Å². The minimum atomic E-state index is -4.40. The van der Waals surface area contributed by atoms with Crippen LogP contribution in [-0.4, -0.2) is 50.9 Å². The molecular weight excluding hydrogens is 371 g/mol. The summed E-state index contributed by atoms with van der Waals surface area (Å²) >= 11 is 0. The lowest BCUT2D eigenvalue weighted by molar-refractivity contribution is -0.173. The average molecular weight is 393 g/mol. The SMILES string of the molecule is C[C@H]1C[C@@H](C(F)(F)F)n2ncc(C(=O)N3CCC(c4ccncc4)CC3)c2N1. The number of nitrogens with one attached hydrogen (secondary N) is 1. The maximum Gasteiger partial charge on any atom is 0.410 e. The molecule has 0 unspecified atom stereocenters. The van der Waals surface area contributed by atoms with E-state index in [1.54, 1.807) is 24.2 Å². The Morgan fingerprint density at radius 1 is 1.21 bits per heavy atom. The van der Waals surface area contributed by atoms with E-state index >= 15 is 0 Å². The number of alkyl halides is 3. The molecule has 0 spiro atoms. The molecule has 2 aliphatic heterocycles. The molecule has 0 bridgehead atoms. The highest BCUT2D eigenvalue weighted by Crippen LogP contribution is 2.40. The molecule has 2 atom stereocenters. The molecule has 9 heteroatoms. The van der Waals surface area contributed by atoms with E-state index in [-0.39, 0.29) is 29.8 Å². The molecule has 1 amide bonds. The number of fused-ring (bicyclic) bond motifs is 1. The summed E-state index contributed by atoms with van der Waals surface area (Å²) in [5.74, 6) is 0.264. The standard InChI is InChI=1S/C19H22F3N5O/c1-12-10-16(19(20,21)22)27-17(25-12)15(11-24-27)18(28)26-8-4-14(5-9-26)13-2-6-23-7-3-13/h2-3,6-7,11-12,14,16,25H,4-5,8-10H2,1H3/t12-,16-/m0/s1. The predicted octanol–water partition coefficient (Wildman–Crippen LogP) is 3.61. The van der Waals surface area contributed by atoms with Crippen molar-refractivity contribution in [2.24, 2.45) is 0 Å². The van der Waals surface area contributed by atoms with Crippen LogP contribution in [0.25, 0.3) is 0 Å². The van der Waals surface area contributed by atoms with Crippen molar-refractivity contribution in [2.45, 2.75) is 50.4 Å². The van der Waals surface area contributed by atoms with Gasteiger partial charge in [-0.2, -0.15) is 18.3 Å². The third-order valence-corrected chi connectivity index (χ3v) is 5.62. The van der Waals surface area contributed by atoms with Gasteiger partial charge in [-0.15, -0.1) is 0 Å². The number of rotatable bonds is 2. The quantitative estimate of drug-likeness (QED) is 0.847. The molecule has 1 fully saturated rings. The summed E-state index contributed by atoms with van der Waals surface area (Å²) in [6.07, 6.45) is 1.90. The molecule has 4 heterocycles. The van der Waals surface area contributed by atoms with Crippen molar-refractivity contribution in [3.8, 4) is 0 Å². The fraction of sp³-hybridized carbons (Fsp3) is 0.526. The van der Waals surface area contributed by atoms with Crippen LogP contribution in [0.2, 0.25) is 0 Å². The van der Waals surface area contributed by atoms with Crippen LogP contribution in [0, 0.1) is 0 Å². The topological polar surface area (TPSA) is 63.1 Å². The molecule has 2 aliphatic rings. The Bertz CT molecular complexity index is 843. The largest absolute Gasteiger partial charge is 0.410 e. The molecule has 0 aromatic carbocycles. The highest BCUT2D eigenvalue weighted by molar-refractivity contribution is 5.99. The second-order valence-corrected chi connectivity index (χ2v) is 7.54. The fourth-order valence-electron chi connectivity index (χ4n) is 4.12. The first-order valence-electron chi connectivity index (χ1n) is 9.44. The number of carbonyl (C=O) groups excluding carboxylic acids is 1. The fourth-order valence-corrected chi connectivity index (χ4v) is 4.12. The van der Waals surface area contributed by atoms with Crippen molar-refractivity contribution < 1.29 is 18.0 Å². The van der Waals surface area contributed by atoms with Gasteiger partial charge in [0.25, 0.3) is 5.91 Å². The lowest BCUT2D eigenvalue weighted by Gasteiger charge is -2.34. The molecular formula is C19H22F3N5O. The summed E-state index contributed by atoms with van der Waals surface area (Å²) in [5.41, 5.74) is 1.41. The number of nitrogens with zero attached hydrogens (tertiary/aromatic N) is 4. The van der Waals surface area contributed by atoms with Crippen molar-refractivity contribution >= 4 is 11.7 Å². The lowest BCUT2D eigenvalue weighted by atomic mass is 9.90. The molecule has 4 rings (SSSR count). The zero-order valence-electron chi connectivity index (χ0n) is 15.5. The molecule has 0 aliphatic carbocycles. The molecule has 2 aromatic heterocycles. The van der Waals surface area contributed by atoms with Crippen LogP contribution >= 0.6 is 0 Å². The predicted molar refractivity (Wildman–Crippen MR) is 97.1 cm³/mol. The van der Waals surface area contributed by atoms with E-state index < -0.39 is 12.2 Å². The van der Waals surface area contributed by atoms with Crippen LogP contribution in [0.4, 0.5) is 19.0 Å². The molecule has 0 radical (unpaired) electrons. The normalized spacial score (nSPS) is 23.2. The number of amides is 1. The Morgan fingerprint density at radius 3 is 2.54 bits per heavy atom. The number of anilines is 1. The number of halogens is 3. The number of pyridine rings is 1. The van der Waals surface area contributed by atoms with E-state index in [2.05, 4.69) is 15.4 Å². The number of aromatic nitrogens is 3. The van der Waals surface area contributed by atoms with Gasteiger partial charge in [0.2, 0.25) is 0 Å². The van der Waals surface area contributed by atoms with E-state index in [4.69, 9.17) is 0 Å². The van der Waals surface area contributed by atoms with Crippen LogP contribution in [0.1, 0.15) is 54.1 Å². The third-order valence-electron chi connectivity index (χ3n) is 5.62. The molecule has 0 saturated carbocycles. The van der Waals surface area contributed by atoms with E-state index in [1.807, 2.05) is 12.1 Å². The number of hydrogen-bond acceptors (Lipinski definition) is 4. The maximum absolute atomic E-state index is 13.4. The van der Waals surface area contributed by atoms with E-state index in [9.17, 15) is 18.0 Å². The Morgan fingerprint density at radius 2 is 1.89 bits per heavy atom. The monoisotopic (exact) mass is 393 g/mol. The second kappa shape index (κ2) is 7.10. The van der Waals surface area contributed by atoms with Gasteiger partial charge >= 0.3 is 6.18 Å². The van der Waals surface area contributed by atoms with Crippen molar-refractivity contribution in [1.82, 2.24) is 19.7 Å². The van der Waals surface area contributed by atoms with Gasteiger partial charge in [0, 0.05) is 31.5 Å². The number of carbonyl (C=O) groups is 1. The summed E-state index contributed by atoms with van der Waals surface area (Å²) in [5, 5.41) is 6.91.